The van der Waals surface area contributed by atoms with Gasteiger partial charge in [-0.25, -0.2) is 0 Å². The molecule has 0 aliphatic rings. The lowest BCUT2D eigenvalue weighted by Gasteiger charge is -2.43. The predicted octanol–water partition coefficient (Wildman–Crippen LogP) is 6.94. The first-order chi connectivity index (χ1) is 21.4. The van der Waals surface area contributed by atoms with E-state index in [0.717, 1.165) is 16.7 Å². The van der Waals surface area contributed by atoms with Gasteiger partial charge in [0.1, 0.15) is 18.3 Å². The average Bonchev–Trinajstić information content (AvgIpc) is 3.07. The monoisotopic (exact) mass is 596 g/mol. The maximum absolute atomic E-state index is 11.1. The van der Waals surface area contributed by atoms with E-state index in [0.29, 0.717) is 0 Å². The average molecular weight is 597 g/mol. The second-order valence-corrected chi connectivity index (χ2v) is 16.2. The lowest BCUT2D eigenvalue weighted by Crippen LogP contribution is -2.67. The molecule has 0 heterocycles. The number of hydrogen-bond donors (Lipinski definition) is 1. The summed E-state index contributed by atoms with van der Waals surface area (Å²) in [6.45, 7) is 6.89. The maximum atomic E-state index is 11.1. The molecule has 5 aromatic rings. The molecule has 0 amide bonds. The highest BCUT2D eigenvalue weighted by molar-refractivity contribution is 6.99. The molecular formula is C40H40O3Si. The molecule has 0 aliphatic heterocycles. The summed E-state index contributed by atoms with van der Waals surface area (Å²) in [5, 5.41) is 13.3. The van der Waals surface area contributed by atoms with Crippen molar-refractivity contribution in [2.24, 2.45) is 0 Å². The van der Waals surface area contributed by atoms with E-state index < -0.39 is 20.0 Å². The Morgan fingerprint density at radius 2 is 0.955 bits per heavy atom. The number of aliphatic hydroxyl groups is 1. The van der Waals surface area contributed by atoms with Gasteiger partial charge in [0.2, 0.25) is 0 Å². The Kier molecular flexibility index (Phi) is 9.94. The molecule has 0 aromatic heterocycles. The number of aliphatic hydroxyl groups excluding tert-OH is 1. The van der Waals surface area contributed by atoms with Crippen molar-refractivity contribution in [2.45, 2.75) is 37.5 Å². The number of ether oxygens (including phenoxy) is 1. The maximum Gasteiger partial charge on any atom is 0.261 e. The van der Waals surface area contributed by atoms with Gasteiger partial charge in [-0.2, -0.15) is 0 Å². The van der Waals surface area contributed by atoms with Crippen LogP contribution in [0.5, 0.6) is 0 Å². The van der Waals surface area contributed by atoms with Gasteiger partial charge < -0.3 is 14.3 Å². The molecule has 1 N–H and O–H groups in total. The molecule has 1 unspecified atom stereocenters. The van der Waals surface area contributed by atoms with Crippen LogP contribution in [0.3, 0.4) is 0 Å². The molecule has 44 heavy (non-hydrogen) atoms. The highest BCUT2D eigenvalue weighted by atomic mass is 28.4. The number of hydrogen-bond acceptors (Lipinski definition) is 3. The molecule has 0 aliphatic carbocycles. The van der Waals surface area contributed by atoms with E-state index in [1.807, 2.05) is 66.7 Å². The molecule has 5 rings (SSSR count). The van der Waals surface area contributed by atoms with Crippen LogP contribution >= 0.6 is 0 Å². The Balaban J connectivity index is 1.42. The molecule has 4 heteroatoms. The summed E-state index contributed by atoms with van der Waals surface area (Å²) in [6.07, 6.45) is -0.972. The quantitative estimate of drug-likeness (QED) is 0.108. The molecule has 0 spiro atoms. The zero-order valence-electron chi connectivity index (χ0n) is 25.7. The lowest BCUT2D eigenvalue weighted by atomic mass is 9.80. The van der Waals surface area contributed by atoms with Gasteiger partial charge >= 0.3 is 0 Å². The van der Waals surface area contributed by atoms with Crippen molar-refractivity contribution in [3.63, 3.8) is 0 Å². The summed E-state index contributed by atoms with van der Waals surface area (Å²) in [4.78, 5) is 0. The van der Waals surface area contributed by atoms with Crippen molar-refractivity contribution in [3.05, 3.63) is 168 Å². The second kappa shape index (κ2) is 14.0. The summed E-state index contributed by atoms with van der Waals surface area (Å²) in [7, 11) is -2.78. The van der Waals surface area contributed by atoms with Crippen LogP contribution in [0.4, 0.5) is 0 Å². The van der Waals surface area contributed by atoms with Crippen LogP contribution in [0, 0.1) is 11.8 Å². The minimum absolute atomic E-state index is 0.0987. The van der Waals surface area contributed by atoms with Crippen molar-refractivity contribution >= 4 is 18.7 Å². The lowest BCUT2D eigenvalue weighted by molar-refractivity contribution is 0.0351. The molecule has 0 saturated heterocycles. The molecule has 1 atom stereocenters. The molecule has 5 aromatic carbocycles. The van der Waals surface area contributed by atoms with Gasteiger partial charge in [0.25, 0.3) is 8.32 Å². The first-order valence-electron chi connectivity index (χ1n) is 15.1. The van der Waals surface area contributed by atoms with Gasteiger partial charge in [0.05, 0.1) is 6.61 Å². The molecular weight excluding hydrogens is 557 g/mol. The molecule has 0 bridgehead atoms. The van der Waals surface area contributed by atoms with Crippen molar-refractivity contribution in [1.29, 1.82) is 0 Å². The normalized spacial score (nSPS) is 12.6. The first kappa shape index (κ1) is 31.2. The van der Waals surface area contributed by atoms with Gasteiger partial charge in [-0.1, -0.05) is 184 Å². The van der Waals surface area contributed by atoms with Crippen molar-refractivity contribution in [3.8, 4) is 11.8 Å². The topological polar surface area (TPSA) is 38.7 Å². The van der Waals surface area contributed by atoms with Crippen LogP contribution < -0.4 is 10.4 Å². The van der Waals surface area contributed by atoms with Crippen LogP contribution in [0.15, 0.2) is 152 Å². The Hall–Kier alpha value is -4.24. The summed E-state index contributed by atoms with van der Waals surface area (Å²) < 4.78 is 13.6. The Labute approximate surface area is 263 Å². The Bertz CT molecular complexity index is 1500. The fourth-order valence-corrected chi connectivity index (χ4v) is 10.6. The third kappa shape index (κ3) is 6.48. The summed E-state index contributed by atoms with van der Waals surface area (Å²) >= 11 is 0. The largest absolute Gasteiger partial charge is 0.404 e. The van der Waals surface area contributed by atoms with Crippen LogP contribution in [0.1, 0.15) is 37.5 Å². The van der Waals surface area contributed by atoms with E-state index in [2.05, 4.69) is 118 Å². The van der Waals surface area contributed by atoms with Crippen molar-refractivity contribution in [1.82, 2.24) is 0 Å². The number of benzene rings is 5. The second-order valence-electron chi connectivity index (χ2n) is 11.9. The van der Waals surface area contributed by atoms with Gasteiger partial charge in [-0.3, -0.25) is 0 Å². The van der Waals surface area contributed by atoms with Gasteiger partial charge in [0, 0.05) is 0 Å². The number of rotatable bonds is 10. The molecule has 0 fully saturated rings. The van der Waals surface area contributed by atoms with E-state index in [1.165, 1.54) is 10.4 Å². The third-order valence-electron chi connectivity index (χ3n) is 8.04. The summed E-state index contributed by atoms with van der Waals surface area (Å²) in [5.74, 6) is 6.13. The fraction of sp³-hybridized carbons (Fsp3) is 0.200. The molecule has 0 radical (unpaired) electrons. The zero-order valence-corrected chi connectivity index (χ0v) is 26.7. The smallest absolute Gasteiger partial charge is 0.261 e. The highest BCUT2D eigenvalue weighted by Gasteiger charge is 2.50. The molecule has 0 saturated carbocycles. The summed E-state index contributed by atoms with van der Waals surface area (Å²) in [5.41, 5.74) is 2.16. The minimum atomic E-state index is -2.78. The van der Waals surface area contributed by atoms with Crippen LogP contribution in [0.2, 0.25) is 5.04 Å². The van der Waals surface area contributed by atoms with Crippen LogP contribution in [-0.4, -0.2) is 32.7 Å². The highest BCUT2D eigenvalue weighted by Crippen LogP contribution is 2.40. The minimum Gasteiger partial charge on any atom is -0.404 e. The van der Waals surface area contributed by atoms with E-state index >= 15 is 0 Å². The molecule has 222 valence electrons. The van der Waals surface area contributed by atoms with Crippen LogP contribution in [-0.2, 0) is 14.8 Å². The van der Waals surface area contributed by atoms with Crippen molar-refractivity contribution < 1.29 is 14.3 Å². The van der Waals surface area contributed by atoms with Gasteiger partial charge in [-0.05, 0) is 32.1 Å². The van der Waals surface area contributed by atoms with E-state index in [1.54, 1.807) is 0 Å². The van der Waals surface area contributed by atoms with E-state index in [9.17, 15) is 5.11 Å². The van der Waals surface area contributed by atoms with Crippen LogP contribution in [0.25, 0.3) is 0 Å². The SMILES string of the molecule is CC(C)(C)[Si](OCC(O)C#CCOC(c1ccccc1)(c1ccccc1)c1ccccc1)(c1ccccc1)c1ccccc1. The van der Waals surface area contributed by atoms with Gasteiger partial charge in [0.15, 0.2) is 0 Å². The third-order valence-corrected chi connectivity index (χ3v) is 13.0. The predicted molar refractivity (Wildman–Crippen MR) is 183 cm³/mol. The van der Waals surface area contributed by atoms with Crippen molar-refractivity contribution in [2.75, 3.05) is 13.2 Å². The fourth-order valence-electron chi connectivity index (χ4n) is 6.08. The first-order valence-corrected chi connectivity index (χ1v) is 17.0. The van der Waals surface area contributed by atoms with E-state index in [-0.39, 0.29) is 18.3 Å². The van der Waals surface area contributed by atoms with E-state index in [4.69, 9.17) is 9.16 Å². The standard InChI is InChI=1S/C40H40O3Si/c1-39(2,3)44(37-27-15-7-16-28-37,38-29-17-8-18-30-38)43-32-36(41)26-19-31-42-40(33-20-9-4-10-21-33,34-22-11-5-12-23-34)35-24-13-6-14-25-35/h4-18,20-25,27-30,36,41H,31-32H2,1-3H3. The Morgan fingerprint density at radius 3 is 1.32 bits per heavy atom. The Morgan fingerprint density at radius 1 is 0.591 bits per heavy atom. The summed E-state index contributed by atoms with van der Waals surface area (Å²) in [6, 6.07) is 51.5. The zero-order chi connectivity index (χ0) is 30.9. The van der Waals surface area contributed by atoms with Gasteiger partial charge in [-0.15, -0.1) is 0 Å². The molecule has 3 nitrogen and oxygen atoms in total.